The minimum atomic E-state index is 0.487. The van der Waals surface area contributed by atoms with Crippen LogP contribution in [-0.2, 0) is 4.74 Å². The zero-order valence-electron chi connectivity index (χ0n) is 9.00. The van der Waals surface area contributed by atoms with E-state index in [2.05, 4.69) is 20.1 Å². The Balaban J connectivity index is 1.82. The standard InChI is InChI=1S/C9H11N5OS2/c10-8-13-12-7(17-8)6-5-11-9(16-6)14-1-3-15-4-2-14/h5H,1-4H2,(H2,10,13). The van der Waals surface area contributed by atoms with Gasteiger partial charge in [0, 0.05) is 13.1 Å². The Labute approximate surface area is 106 Å². The summed E-state index contributed by atoms with van der Waals surface area (Å²) in [6.45, 7) is 3.32. The van der Waals surface area contributed by atoms with Crippen LogP contribution in [0.4, 0.5) is 10.3 Å². The van der Waals surface area contributed by atoms with E-state index in [1.165, 1.54) is 11.3 Å². The quantitative estimate of drug-likeness (QED) is 0.879. The molecule has 0 bridgehead atoms. The fraction of sp³-hybridized carbons (Fsp3) is 0.444. The highest BCUT2D eigenvalue weighted by atomic mass is 32.1. The van der Waals surface area contributed by atoms with E-state index in [4.69, 9.17) is 10.5 Å². The van der Waals surface area contributed by atoms with Gasteiger partial charge in [0.05, 0.1) is 24.3 Å². The minimum absolute atomic E-state index is 0.487. The number of hydrogen-bond donors (Lipinski definition) is 1. The van der Waals surface area contributed by atoms with Crippen molar-refractivity contribution in [2.24, 2.45) is 0 Å². The predicted molar refractivity (Wildman–Crippen MR) is 68.5 cm³/mol. The first kappa shape index (κ1) is 10.9. The molecule has 1 aliphatic rings. The van der Waals surface area contributed by atoms with Gasteiger partial charge in [0.25, 0.3) is 0 Å². The van der Waals surface area contributed by atoms with Crippen LogP contribution in [0.3, 0.4) is 0 Å². The molecule has 1 fully saturated rings. The van der Waals surface area contributed by atoms with Crippen LogP contribution in [0.2, 0.25) is 0 Å². The third-order valence-electron chi connectivity index (χ3n) is 2.43. The number of morpholine rings is 1. The van der Waals surface area contributed by atoms with E-state index < -0.39 is 0 Å². The molecule has 1 saturated heterocycles. The molecule has 2 N–H and O–H groups in total. The number of thiazole rings is 1. The van der Waals surface area contributed by atoms with Crippen molar-refractivity contribution in [1.29, 1.82) is 0 Å². The largest absolute Gasteiger partial charge is 0.378 e. The number of hydrogen-bond acceptors (Lipinski definition) is 8. The molecule has 0 saturated carbocycles. The van der Waals surface area contributed by atoms with Gasteiger partial charge >= 0.3 is 0 Å². The first-order chi connectivity index (χ1) is 8.33. The molecule has 17 heavy (non-hydrogen) atoms. The Morgan fingerprint density at radius 3 is 2.76 bits per heavy atom. The van der Waals surface area contributed by atoms with Crippen LogP contribution in [0.5, 0.6) is 0 Å². The maximum Gasteiger partial charge on any atom is 0.203 e. The van der Waals surface area contributed by atoms with Gasteiger partial charge in [0.15, 0.2) is 10.1 Å². The Morgan fingerprint density at radius 2 is 2.06 bits per heavy atom. The lowest BCUT2D eigenvalue weighted by molar-refractivity contribution is 0.122. The van der Waals surface area contributed by atoms with Crippen LogP contribution in [0.15, 0.2) is 6.20 Å². The van der Waals surface area contributed by atoms with Gasteiger partial charge < -0.3 is 15.4 Å². The number of anilines is 2. The van der Waals surface area contributed by atoms with E-state index in [0.29, 0.717) is 5.13 Å². The maximum absolute atomic E-state index is 5.57. The highest BCUT2D eigenvalue weighted by molar-refractivity contribution is 7.24. The summed E-state index contributed by atoms with van der Waals surface area (Å²) in [5, 5.41) is 10.2. The van der Waals surface area contributed by atoms with Crippen molar-refractivity contribution in [2.45, 2.75) is 0 Å². The molecule has 0 spiro atoms. The monoisotopic (exact) mass is 269 g/mol. The minimum Gasteiger partial charge on any atom is -0.378 e. The van der Waals surface area contributed by atoms with E-state index in [9.17, 15) is 0 Å². The van der Waals surface area contributed by atoms with E-state index >= 15 is 0 Å². The van der Waals surface area contributed by atoms with Crippen LogP contribution in [-0.4, -0.2) is 41.5 Å². The highest BCUT2D eigenvalue weighted by Gasteiger charge is 2.16. The van der Waals surface area contributed by atoms with Gasteiger partial charge in [-0.1, -0.05) is 22.7 Å². The molecule has 90 valence electrons. The summed E-state index contributed by atoms with van der Waals surface area (Å²) in [4.78, 5) is 7.65. The SMILES string of the molecule is Nc1nnc(-c2cnc(N3CCOCC3)s2)s1. The Bertz CT molecular complexity index is 505. The van der Waals surface area contributed by atoms with E-state index in [0.717, 1.165) is 41.3 Å². The van der Waals surface area contributed by atoms with Crippen molar-refractivity contribution in [2.75, 3.05) is 36.9 Å². The lowest BCUT2D eigenvalue weighted by atomic mass is 10.5. The molecule has 0 radical (unpaired) electrons. The molecule has 2 aromatic heterocycles. The summed E-state index contributed by atoms with van der Waals surface area (Å²) in [6.07, 6.45) is 1.83. The molecule has 3 rings (SSSR count). The number of nitrogens with two attached hydrogens (primary N) is 1. The number of nitrogens with zero attached hydrogens (tertiary/aromatic N) is 4. The summed E-state index contributed by atoms with van der Waals surface area (Å²) >= 11 is 3.00. The molecule has 0 aliphatic carbocycles. The van der Waals surface area contributed by atoms with Gasteiger partial charge in [0.2, 0.25) is 5.13 Å². The van der Waals surface area contributed by atoms with Crippen LogP contribution in [0.1, 0.15) is 0 Å². The fourth-order valence-electron chi connectivity index (χ4n) is 1.60. The smallest absolute Gasteiger partial charge is 0.203 e. The third kappa shape index (κ3) is 2.24. The van der Waals surface area contributed by atoms with Crippen molar-refractivity contribution in [3.8, 4) is 9.88 Å². The van der Waals surface area contributed by atoms with Crippen LogP contribution >= 0.6 is 22.7 Å². The molecule has 8 heteroatoms. The fourth-order valence-corrected chi connectivity index (χ4v) is 3.21. The second-order valence-corrected chi connectivity index (χ2v) is 5.57. The van der Waals surface area contributed by atoms with Gasteiger partial charge in [0.1, 0.15) is 0 Å². The Kier molecular flexibility index (Phi) is 2.91. The molecule has 6 nitrogen and oxygen atoms in total. The molecule has 0 unspecified atom stereocenters. The van der Waals surface area contributed by atoms with Crippen LogP contribution < -0.4 is 10.6 Å². The van der Waals surface area contributed by atoms with Gasteiger partial charge in [-0.3, -0.25) is 0 Å². The van der Waals surface area contributed by atoms with Crippen molar-refractivity contribution in [1.82, 2.24) is 15.2 Å². The summed E-state index contributed by atoms with van der Waals surface area (Å²) in [6, 6.07) is 0. The van der Waals surface area contributed by atoms with E-state index in [1.807, 2.05) is 6.20 Å². The van der Waals surface area contributed by atoms with Gasteiger partial charge in [-0.05, 0) is 0 Å². The summed E-state index contributed by atoms with van der Waals surface area (Å²) in [5.41, 5.74) is 5.57. The second-order valence-electron chi connectivity index (χ2n) is 3.55. The first-order valence-corrected chi connectivity index (χ1v) is 6.84. The highest BCUT2D eigenvalue weighted by Crippen LogP contribution is 2.33. The maximum atomic E-state index is 5.57. The van der Waals surface area contributed by atoms with Crippen molar-refractivity contribution < 1.29 is 4.74 Å². The molecule has 0 amide bonds. The molecule has 0 aromatic carbocycles. The molecular weight excluding hydrogens is 258 g/mol. The molecule has 1 aliphatic heterocycles. The lowest BCUT2D eigenvalue weighted by Gasteiger charge is -2.25. The average molecular weight is 269 g/mol. The second kappa shape index (κ2) is 4.55. The Morgan fingerprint density at radius 1 is 1.24 bits per heavy atom. The molecule has 3 heterocycles. The molecule has 0 atom stereocenters. The summed E-state index contributed by atoms with van der Waals surface area (Å²) < 4.78 is 5.31. The van der Waals surface area contributed by atoms with Gasteiger partial charge in [-0.25, -0.2) is 4.98 Å². The topological polar surface area (TPSA) is 77.2 Å². The van der Waals surface area contributed by atoms with E-state index in [1.54, 1.807) is 11.3 Å². The van der Waals surface area contributed by atoms with Crippen molar-refractivity contribution >= 4 is 32.9 Å². The lowest BCUT2D eigenvalue weighted by Crippen LogP contribution is -2.36. The first-order valence-electron chi connectivity index (χ1n) is 5.21. The zero-order valence-corrected chi connectivity index (χ0v) is 10.6. The van der Waals surface area contributed by atoms with Crippen molar-refractivity contribution in [3.63, 3.8) is 0 Å². The van der Waals surface area contributed by atoms with Crippen molar-refractivity contribution in [3.05, 3.63) is 6.20 Å². The number of rotatable bonds is 2. The van der Waals surface area contributed by atoms with Crippen LogP contribution in [0.25, 0.3) is 9.88 Å². The number of ether oxygens (including phenoxy) is 1. The summed E-state index contributed by atoms with van der Waals surface area (Å²) in [5.74, 6) is 0. The van der Waals surface area contributed by atoms with Crippen LogP contribution in [0, 0.1) is 0 Å². The zero-order chi connectivity index (χ0) is 11.7. The van der Waals surface area contributed by atoms with E-state index in [-0.39, 0.29) is 0 Å². The number of nitrogen functional groups attached to an aromatic ring is 1. The average Bonchev–Trinajstić information content (AvgIpc) is 2.98. The third-order valence-corrected chi connectivity index (χ3v) is 4.41. The molecular formula is C9H11N5OS2. The predicted octanol–water partition coefficient (Wildman–Crippen LogP) is 1.08. The van der Waals surface area contributed by atoms with Gasteiger partial charge in [-0.15, -0.1) is 10.2 Å². The Hall–Kier alpha value is -1.25. The van der Waals surface area contributed by atoms with Gasteiger partial charge in [-0.2, -0.15) is 0 Å². The number of aromatic nitrogens is 3. The normalized spacial score (nSPS) is 16.4. The summed E-state index contributed by atoms with van der Waals surface area (Å²) in [7, 11) is 0. The molecule has 2 aromatic rings.